The van der Waals surface area contributed by atoms with E-state index in [0.29, 0.717) is 40.6 Å². The van der Waals surface area contributed by atoms with Crippen molar-refractivity contribution in [3.63, 3.8) is 0 Å². The molecule has 3 aromatic rings. The molecule has 0 spiro atoms. The van der Waals surface area contributed by atoms with E-state index in [1.807, 2.05) is 12.1 Å². The number of fused-ring (bicyclic) bond motifs is 1. The molecule has 1 aliphatic heterocycles. The fourth-order valence-corrected chi connectivity index (χ4v) is 4.73. The van der Waals surface area contributed by atoms with Crippen LogP contribution in [0, 0.1) is 11.4 Å². The predicted octanol–water partition coefficient (Wildman–Crippen LogP) is 5.25. The van der Waals surface area contributed by atoms with Gasteiger partial charge in [0.15, 0.2) is 11.7 Å². The zero-order valence-electron chi connectivity index (χ0n) is 17.2. The Labute approximate surface area is 175 Å². The van der Waals surface area contributed by atoms with Crippen molar-refractivity contribution in [2.75, 3.05) is 7.05 Å². The number of benzene rings is 1. The van der Waals surface area contributed by atoms with Crippen LogP contribution in [0.15, 0.2) is 40.9 Å². The minimum atomic E-state index is -0.573. The minimum Gasteiger partial charge on any atom is -0.441 e. The molecule has 30 heavy (non-hydrogen) atoms. The molecule has 2 aromatic heterocycles. The van der Waals surface area contributed by atoms with Crippen molar-refractivity contribution in [2.45, 2.75) is 45.6 Å². The van der Waals surface area contributed by atoms with Crippen LogP contribution in [0.4, 0.5) is 4.39 Å². The monoisotopic (exact) mass is 405 g/mol. The summed E-state index contributed by atoms with van der Waals surface area (Å²) < 4.78 is 20.1. The lowest BCUT2D eigenvalue weighted by molar-refractivity contribution is 0.0816. The molecule has 0 bridgehead atoms. The van der Waals surface area contributed by atoms with E-state index in [1.54, 1.807) is 30.3 Å². The third kappa shape index (κ3) is 3.30. The molecule has 0 N–H and O–H groups in total. The van der Waals surface area contributed by atoms with Crippen molar-refractivity contribution in [3.8, 4) is 22.6 Å². The summed E-state index contributed by atoms with van der Waals surface area (Å²) in [5, 5.41) is 0. The molecular weight excluding hydrogens is 381 g/mol. The van der Waals surface area contributed by atoms with Gasteiger partial charge in [0.05, 0.1) is 11.9 Å². The second kappa shape index (κ2) is 7.04. The number of aromatic nitrogens is 2. The number of rotatable bonds is 4. The Morgan fingerprint density at radius 2 is 1.97 bits per heavy atom. The first-order chi connectivity index (χ1) is 14.4. The topological polar surface area (TPSA) is 59.2 Å². The molecule has 1 aromatic carbocycles. The highest BCUT2D eigenvalue weighted by Crippen LogP contribution is 2.41. The van der Waals surface area contributed by atoms with Crippen LogP contribution in [0.1, 0.15) is 54.4 Å². The minimum absolute atomic E-state index is 0.0310. The van der Waals surface area contributed by atoms with E-state index in [-0.39, 0.29) is 11.3 Å². The Bertz CT molecular complexity index is 1130. The molecule has 1 amide bonds. The summed E-state index contributed by atoms with van der Waals surface area (Å²) in [6, 6.07) is 8.58. The highest BCUT2D eigenvalue weighted by atomic mass is 19.1. The highest BCUT2D eigenvalue weighted by molar-refractivity contribution is 5.99. The number of amides is 1. The number of carbonyl (C=O) groups excluding carboxylic acids is 1. The largest absolute Gasteiger partial charge is 0.441 e. The maximum atomic E-state index is 14.1. The average molecular weight is 405 g/mol. The van der Waals surface area contributed by atoms with Gasteiger partial charge in [0.1, 0.15) is 0 Å². The molecule has 1 aliphatic carbocycles. The van der Waals surface area contributed by atoms with Gasteiger partial charge < -0.3 is 9.32 Å². The van der Waals surface area contributed by atoms with E-state index in [2.05, 4.69) is 16.9 Å². The molecule has 1 saturated carbocycles. The number of pyridine rings is 1. The third-order valence-electron chi connectivity index (χ3n) is 6.44. The Morgan fingerprint density at radius 1 is 1.17 bits per heavy atom. The van der Waals surface area contributed by atoms with Gasteiger partial charge in [-0.3, -0.25) is 4.79 Å². The molecular formula is C24H24FN3O2. The van der Waals surface area contributed by atoms with Gasteiger partial charge in [0.2, 0.25) is 5.95 Å². The van der Waals surface area contributed by atoms with Crippen LogP contribution in [-0.4, -0.2) is 27.8 Å². The van der Waals surface area contributed by atoms with Crippen molar-refractivity contribution in [3.05, 3.63) is 59.5 Å². The van der Waals surface area contributed by atoms with Gasteiger partial charge in [0, 0.05) is 36.7 Å². The molecule has 0 atom stereocenters. The first-order valence-electron chi connectivity index (χ1n) is 10.4. The predicted molar refractivity (Wildman–Crippen MR) is 111 cm³/mol. The Hall–Kier alpha value is -3.02. The maximum absolute atomic E-state index is 14.1. The molecule has 6 heteroatoms. The summed E-state index contributed by atoms with van der Waals surface area (Å²) in [6.07, 6.45) is 7.37. The molecule has 5 rings (SSSR count). The van der Waals surface area contributed by atoms with Crippen LogP contribution in [0.2, 0.25) is 0 Å². The molecule has 2 aliphatic rings. The number of nitrogens with zero attached hydrogens (tertiary/aromatic N) is 3. The van der Waals surface area contributed by atoms with Gasteiger partial charge in [-0.2, -0.15) is 4.39 Å². The second-order valence-corrected chi connectivity index (χ2v) is 8.88. The zero-order valence-corrected chi connectivity index (χ0v) is 17.2. The third-order valence-corrected chi connectivity index (χ3v) is 6.44. The van der Waals surface area contributed by atoms with E-state index in [0.717, 1.165) is 12.0 Å². The smallest absolute Gasteiger partial charge is 0.254 e. The number of hydrogen-bond acceptors (Lipinski definition) is 4. The lowest BCUT2D eigenvalue weighted by Crippen LogP contribution is -2.17. The van der Waals surface area contributed by atoms with Gasteiger partial charge in [-0.05, 0) is 42.0 Å². The fourth-order valence-electron chi connectivity index (χ4n) is 4.73. The zero-order chi connectivity index (χ0) is 20.9. The van der Waals surface area contributed by atoms with Crippen molar-refractivity contribution < 1.29 is 13.6 Å². The first kappa shape index (κ1) is 19.0. The lowest BCUT2D eigenvalue weighted by Gasteiger charge is -2.20. The van der Waals surface area contributed by atoms with Crippen LogP contribution in [0.25, 0.3) is 22.6 Å². The first-order valence-corrected chi connectivity index (χ1v) is 10.4. The molecule has 0 radical (unpaired) electrons. The summed E-state index contributed by atoms with van der Waals surface area (Å²) in [5.41, 5.74) is 3.65. The molecule has 3 heterocycles. The Morgan fingerprint density at radius 3 is 2.77 bits per heavy atom. The molecule has 154 valence electrons. The molecule has 1 fully saturated rings. The lowest BCUT2D eigenvalue weighted by atomic mass is 9.85. The number of oxazole rings is 1. The molecule has 0 unspecified atom stereocenters. The van der Waals surface area contributed by atoms with Crippen molar-refractivity contribution in [1.82, 2.24) is 14.9 Å². The number of hydrogen-bond donors (Lipinski definition) is 0. The number of carbonyl (C=O) groups is 1. The summed E-state index contributed by atoms with van der Waals surface area (Å²) in [5.74, 6) is 0.668. The van der Waals surface area contributed by atoms with Gasteiger partial charge in [-0.25, -0.2) is 9.97 Å². The quantitative estimate of drug-likeness (QED) is 0.556. The normalized spacial score (nSPS) is 17.6. The van der Waals surface area contributed by atoms with Gasteiger partial charge in [0.25, 0.3) is 5.91 Å². The standard InChI is InChI=1S/C24H24FN3O2/c1-24(9-3-4-10-24)12-21-26-13-19(30-21)17-7-8-20(25)27-22(17)15-5-6-16-14-28(2)23(29)18(16)11-15/h5-8,11,13H,3-4,9-10,12,14H2,1-2H3. The van der Waals surface area contributed by atoms with Gasteiger partial charge in [-0.15, -0.1) is 0 Å². The van der Waals surface area contributed by atoms with Gasteiger partial charge in [-0.1, -0.05) is 31.9 Å². The highest BCUT2D eigenvalue weighted by Gasteiger charge is 2.31. The van der Waals surface area contributed by atoms with Crippen LogP contribution in [-0.2, 0) is 13.0 Å². The fraction of sp³-hybridized carbons (Fsp3) is 0.375. The maximum Gasteiger partial charge on any atom is 0.254 e. The van der Waals surface area contributed by atoms with Crippen LogP contribution in [0.3, 0.4) is 0 Å². The van der Waals surface area contributed by atoms with Crippen molar-refractivity contribution in [2.24, 2.45) is 5.41 Å². The molecule has 0 saturated heterocycles. The van der Waals surface area contributed by atoms with Crippen LogP contribution in [0.5, 0.6) is 0 Å². The summed E-state index contributed by atoms with van der Waals surface area (Å²) in [6.45, 7) is 2.87. The Balaban J connectivity index is 1.52. The van der Waals surface area contributed by atoms with E-state index in [9.17, 15) is 9.18 Å². The Kier molecular flexibility index (Phi) is 4.45. The van der Waals surface area contributed by atoms with E-state index in [1.165, 1.54) is 31.7 Å². The van der Waals surface area contributed by atoms with E-state index >= 15 is 0 Å². The van der Waals surface area contributed by atoms with E-state index in [4.69, 9.17) is 4.42 Å². The SMILES string of the molecule is CN1Cc2ccc(-c3nc(F)ccc3-c3cnc(CC4(C)CCCC4)o3)cc2C1=O. The summed E-state index contributed by atoms with van der Waals surface area (Å²) >= 11 is 0. The summed E-state index contributed by atoms with van der Waals surface area (Å²) in [7, 11) is 1.77. The second-order valence-electron chi connectivity index (χ2n) is 8.88. The van der Waals surface area contributed by atoms with Crippen LogP contribution >= 0.6 is 0 Å². The van der Waals surface area contributed by atoms with Crippen LogP contribution < -0.4 is 0 Å². The van der Waals surface area contributed by atoms with Crippen molar-refractivity contribution in [1.29, 1.82) is 0 Å². The van der Waals surface area contributed by atoms with Gasteiger partial charge >= 0.3 is 0 Å². The van der Waals surface area contributed by atoms with E-state index < -0.39 is 5.95 Å². The average Bonchev–Trinajstić information content (AvgIpc) is 3.43. The van der Waals surface area contributed by atoms with Crippen molar-refractivity contribution >= 4 is 5.91 Å². The number of halogens is 1. The molecule has 5 nitrogen and oxygen atoms in total. The summed E-state index contributed by atoms with van der Waals surface area (Å²) in [4.78, 5) is 22.7.